The average Bonchev–Trinajstić information content (AvgIpc) is 3.02. The number of thiophene rings is 2. The van der Waals surface area contributed by atoms with E-state index >= 15 is 0 Å². The molecule has 0 amide bonds. The Kier molecular flexibility index (Phi) is 2.97. The topological polar surface area (TPSA) is 17.1 Å². The van der Waals surface area contributed by atoms with Gasteiger partial charge in [-0.1, -0.05) is 18.2 Å². The van der Waals surface area contributed by atoms with E-state index in [-0.39, 0.29) is 0 Å². The monoisotopic (exact) mass is 268 g/mol. The zero-order valence-electron chi connectivity index (χ0n) is 9.34. The van der Waals surface area contributed by atoms with Crippen molar-refractivity contribution in [3.63, 3.8) is 0 Å². The summed E-state index contributed by atoms with van der Waals surface area (Å²) < 4.78 is 1.25. The highest BCUT2D eigenvalue weighted by atomic mass is 32.1. The zero-order valence-corrected chi connectivity index (χ0v) is 11.0. The first kappa shape index (κ1) is 11.2. The van der Waals surface area contributed by atoms with Gasteiger partial charge in [-0.05, 0) is 41.5 Å². The van der Waals surface area contributed by atoms with Gasteiger partial charge >= 0.3 is 0 Å². The normalized spacial score (nSPS) is 10.0. The molecule has 0 spiro atoms. The van der Waals surface area contributed by atoms with Crippen LogP contribution in [0, 0.1) is 11.8 Å². The summed E-state index contributed by atoms with van der Waals surface area (Å²) in [5.74, 6) is 6.25. The summed E-state index contributed by atoms with van der Waals surface area (Å²) in [6.07, 6.45) is 0.856. The number of rotatable bonds is 1. The molecule has 2 heterocycles. The molecular weight excluding hydrogens is 260 g/mol. The molecule has 1 aromatic carbocycles. The highest BCUT2D eigenvalue weighted by Crippen LogP contribution is 2.24. The first-order chi connectivity index (χ1) is 8.85. The molecule has 3 rings (SSSR count). The summed E-state index contributed by atoms with van der Waals surface area (Å²) in [4.78, 5) is 13.3. The van der Waals surface area contributed by atoms with E-state index in [1.807, 2.05) is 18.2 Å². The molecule has 2 aromatic heterocycles. The molecule has 0 saturated carbocycles. The third kappa shape index (κ3) is 2.21. The lowest BCUT2D eigenvalue weighted by molar-refractivity contribution is 0.112. The molecule has 0 bridgehead atoms. The van der Waals surface area contributed by atoms with Crippen molar-refractivity contribution in [3.05, 3.63) is 57.1 Å². The lowest BCUT2D eigenvalue weighted by Gasteiger charge is -1.82. The predicted molar refractivity (Wildman–Crippen MR) is 77.5 cm³/mol. The smallest absolute Gasteiger partial charge is 0.160 e. The minimum absolute atomic E-state index is 0.718. The lowest BCUT2D eigenvalue weighted by atomic mass is 10.2. The van der Waals surface area contributed by atoms with Crippen molar-refractivity contribution in [3.8, 4) is 11.8 Å². The van der Waals surface area contributed by atoms with Crippen molar-refractivity contribution < 1.29 is 4.79 Å². The number of hydrogen-bond acceptors (Lipinski definition) is 3. The maximum atomic E-state index is 10.6. The molecule has 86 valence electrons. The van der Waals surface area contributed by atoms with Crippen molar-refractivity contribution in [1.82, 2.24) is 0 Å². The van der Waals surface area contributed by atoms with Crippen molar-refractivity contribution in [2.45, 2.75) is 0 Å². The number of hydrogen-bond donors (Lipinski definition) is 0. The van der Waals surface area contributed by atoms with Gasteiger partial charge in [-0.2, -0.15) is 0 Å². The van der Waals surface area contributed by atoms with Crippen LogP contribution in [0.25, 0.3) is 10.1 Å². The van der Waals surface area contributed by atoms with Gasteiger partial charge in [0.05, 0.1) is 14.6 Å². The Hall–Kier alpha value is -1.89. The zero-order chi connectivity index (χ0) is 12.4. The Morgan fingerprint density at radius 2 is 1.78 bits per heavy atom. The maximum absolute atomic E-state index is 10.6. The Balaban J connectivity index is 1.94. The van der Waals surface area contributed by atoms with Gasteiger partial charge in [0, 0.05) is 4.70 Å². The fourth-order valence-corrected chi connectivity index (χ4v) is 3.24. The molecular formula is C15H8OS2. The van der Waals surface area contributed by atoms with E-state index in [1.165, 1.54) is 21.4 Å². The third-order valence-corrected chi connectivity index (χ3v) is 4.43. The number of benzene rings is 1. The summed E-state index contributed by atoms with van der Waals surface area (Å²) in [7, 11) is 0. The summed E-state index contributed by atoms with van der Waals surface area (Å²) >= 11 is 3.11. The second-order valence-corrected chi connectivity index (χ2v) is 5.92. The fraction of sp³-hybridized carbons (Fsp3) is 0. The standard InChI is InChI=1S/C15H8OS2/c16-10-14-8-6-12(17-14)5-7-13-9-11-3-1-2-4-15(11)18-13/h1-4,6,8-10H. The van der Waals surface area contributed by atoms with Crippen LogP contribution in [-0.2, 0) is 0 Å². The van der Waals surface area contributed by atoms with Crippen molar-refractivity contribution >= 4 is 39.0 Å². The molecule has 3 heteroatoms. The van der Waals surface area contributed by atoms with Crippen LogP contribution in [0.5, 0.6) is 0 Å². The van der Waals surface area contributed by atoms with Gasteiger partial charge in [-0.25, -0.2) is 0 Å². The Morgan fingerprint density at radius 1 is 0.944 bits per heavy atom. The molecule has 0 N–H and O–H groups in total. The molecule has 0 aliphatic heterocycles. The van der Waals surface area contributed by atoms with Gasteiger partial charge in [-0.15, -0.1) is 22.7 Å². The van der Waals surface area contributed by atoms with Crippen LogP contribution in [-0.4, -0.2) is 6.29 Å². The van der Waals surface area contributed by atoms with Crippen LogP contribution >= 0.6 is 22.7 Å². The number of carbonyl (C=O) groups is 1. The van der Waals surface area contributed by atoms with E-state index in [9.17, 15) is 4.79 Å². The van der Waals surface area contributed by atoms with Crippen LogP contribution in [0.1, 0.15) is 19.4 Å². The minimum atomic E-state index is 0.718. The van der Waals surface area contributed by atoms with Gasteiger partial charge in [-0.3, -0.25) is 4.79 Å². The second kappa shape index (κ2) is 4.77. The fourth-order valence-electron chi connectivity index (χ4n) is 1.65. The predicted octanol–water partition coefficient (Wildman–Crippen LogP) is 4.18. The van der Waals surface area contributed by atoms with Crippen LogP contribution in [0.4, 0.5) is 0 Å². The van der Waals surface area contributed by atoms with E-state index in [2.05, 4.69) is 30.0 Å². The Labute approximate surface area is 113 Å². The molecule has 0 unspecified atom stereocenters. The van der Waals surface area contributed by atoms with Crippen LogP contribution in [0.2, 0.25) is 0 Å². The van der Waals surface area contributed by atoms with Gasteiger partial charge in [0.15, 0.2) is 6.29 Å². The molecule has 18 heavy (non-hydrogen) atoms. The lowest BCUT2D eigenvalue weighted by Crippen LogP contribution is -1.63. The van der Waals surface area contributed by atoms with Gasteiger partial charge < -0.3 is 0 Å². The molecule has 1 nitrogen and oxygen atoms in total. The van der Waals surface area contributed by atoms with E-state index < -0.39 is 0 Å². The summed E-state index contributed by atoms with van der Waals surface area (Å²) in [6, 6.07) is 14.0. The van der Waals surface area contributed by atoms with E-state index in [1.54, 1.807) is 17.4 Å². The molecule has 0 fully saturated rings. The first-order valence-corrected chi connectivity index (χ1v) is 7.04. The number of fused-ring (bicyclic) bond motifs is 1. The van der Waals surface area contributed by atoms with Crippen LogP contribution < -0.4 is 0 Å². The first-order valence-electron chi connectivity index (χ1n) is 5.41. The largest absolute Gasteiger partial charge is 0.297 e. The highest BCUT2D eigenvalue weighted by molar-refractivity contribution is 7.19. The van der Waals surface area contributed by atoms with Crippen molar-refractivity contribution in [2.24, 2.45) is 0 Å². The summed E-state index contributed by atoms with van der Waals surface area (Å²) in [6.45, 7) is 0. The van der Waals surface area contributed by atoms with Crippen molar-refractivity contribution in [1.29, 1.82) is 0 Å². The van der Waals surface area contributed by atoms with E-state index in [0.29, 0.717) is 0 Å². The summed E-state index contributed by atoms with van der Waals surface area (Å²) in [5, 5.41) is 1.23. The molecule has 3 aromatic rings. The average molecular weight is 268 g/mol. The SMILES string of the molecule is O=Cc1ccc(C#Cc2cc3ccccc3s2)s1. The number of carbonyl (C=O) groups excluding carboxylic acids is 1. The van der Waals surface area contributed by atoms with Crippen molar-refractivity contribution in [2.75, 3.05) is 0 Å². The van der Waals surface area contributed by atoms with Gasteiger partial charge in [0.1, 0.15) is 0 Å². The molecule has 0 aliphatic rings. The quantitative estimate of drug-likeness (QED) is 0.478. The third-order valence-electron chi connectivity index (χ3n) is 2.48. The molecule has 0 aliphatic carbocycles. The summed E-state index contributed by atoms with van der Waals surface area (Å²) in [5.41, 5.74) is 0. The van der Waals surface area contributed by atoms with Crippen LogP contribution in [0.15, 0.2) is 42.5 Å². The molecule has 0 radical (unpaired) electrons. The Morgan fingerprint density at radius 3 is 2.56 bits per heavy atom. The van der Waals surface area contributed by atoms with Crippen LogP contribution in [0.3, 0.4) is 0 Å². The highest BCUT2D eigenvalue weighted by Gasteiger charge is 1.98. The minimum Gasteiger partial charge on any atom is -0.297 e. The molecule has 0 atom stereocenters. The van der Waals surface area contributed by atoms with E-state index in [4.69, 9.17) is 0 Å². The maximum Gasteiger partial charge on any atom is 0.160 e. The number of aldehydes is 1. The van der Waals surface area contributed by atoms with Gasteiger partial charge in [0.2, 0.25) is 0 Å². The van der Waals surface area contributed by atoms with E-state index in [0.717, 1.165) is 20.9 Å². The Bertz CT molecular complexity index is 735. The molecule has 0 saturated heterocycles. The van der Waals surface area contributed by atoms with Gasteiger partial charge in [0.25, 0.3) is 0 Å². The second-order valence-electron chi connectivity index (χ2n) is 3.72.